The van der Waals surface area contributed by atoms with Crippen LogP contribution in [0.4, 0.5) is 4.79 Å². The Morgan fingerprint density at radius 3 is 2.68 bits per heavy atom. The van der Waals surface area contributed by atoms with Gasteiger partial charge in [0.1, 0.15) is 12.4 Å². The highest BCUT2D eigenvalue weighted by molar-refractivity contribution is 5.74. The zero-order chi connectivity index (χ0) is 16.4. The maximum absolute atomic E-state index is 11.5. The Bertz CT molecular complexity index is 562. The number of hydrogen-bond donors (Lipinski definition) is 1. The van der Waals surface area contributed by atoms with Crippen LogP contribution in [-0.2, 0) is 14.3 Å². The third kappa shape index (κ3) is 5.96. The van der Waals surface area contributed by atoms with Crippen LogP contribution in [0.25, 0.3) is 6.08 Å². The number of esters is 1. The maximum atomic E-state index is 11.5. The second kappa shape index (κ2) is 9.02. The molecule has 0 saturated carbocycles. The lowest BCUT2D eigenvalue weighted by atomic mass is 10.2. The average molecular weight is 304 g/mol. The first-order valence-corrected chi connectivity index (χ1v) is 6.46. The lowest BCUT2D eigenvalue weighted by Crippen LogP contribution is -2.32. The van der Waals surface area contributed by atoms with Gasteiger partial charge in [-0.15, -0.1) is 0 Å². The SMILES string of the molecule is C=Cc1ccc(OC(=O)NCCOC(=O)C(C)OC#N)cc1. The lowest BCUT2D eigenvalue weighted by molar-refractivity contribution is -0.152. The van der Waals surface area contributed by atoms with Crippen LogP contribution >= 0.6 is 0 Å². The quantitative estimate of drug-likeness (QED) is 0.469. The van der Waals surface area contributed by atoms with Crippen molar-refractivity contribution >= 4 is 18.1 Å². The van der Waals surface area contributed by atoms with E-state index in [0.29, 0.717) is 5.75 Å². The lowest BCUT2D eigenvalue weighted by Gasteiger charge is -2.09. The molecule has 1 aromatic rings. The monoisotopic (exact) mass is 304 g/mol. The molecule has 1 atom stereocenters. The number of rotatable bonds is 7. The number of hydrogen-bond acceptors (Lipinski definition) is 6. The summed E-state index contributed by atoms with van der Waals surface area (Å²) in [5.41, 5.74) is 0.911. The van der Waals surface area contributed by atoms with Crippen LogP contribution in [0.2, 0.25) is 0 Å². The fraction of sp³-hybridized carbons (Fsp3) is 0.267. The molecule has 0 saturated heterocycles. The zero-order valence-electron chi connectivity index (χ0n) is 12.1. The van der Waals surface area contributed by atoms with Crippen LogP contribution in [-0.4, -0.2) is 31.3 Å². The van der Waals surface area contributed by atoms with Crippen molar-refractivity contribution in [2.24, 2.45) is 0 Å². The highest BCUT2D eigenvalue weighted by Crippen LogP contribution is 2.12. The molecule has 0 aliphatic carbocycles. The first-order valence-electron chi connectivity index (χ1n) is 6.46. The molecule has 0 spiro atoms. The molecule has 1 N–H and O–H groups in total. The minimum Gasteiger partial charge on any atom is -0.461 e. The number of carbonyl (C=O) groups excluding carboxylic acids is 2. The number of amides is 1. The minimum absolute atomic E-state index is 0.0531. The van der Waals surface area contributed by atoms with Crippen LogP contribution in [0, 0.1) is 11.5 Å². The first-order chi connectivity index (χ1) is 10.6. The molecular weight excluding hydrogens is 288 g/mol. The van der Waals surface area contributed by atoms with E-state index in [1.165, 1.54) is 13.2 Å². The summed E-state index contributed by atoms with van der Waals surface area (Å²) in [6.45, 7) is 5.04. The van der Waals surface area contributed by atoms with Gasteiger partial charge in [0.2, 0.25) is 6.10 Å². The van der Waals surface area contributed by atoms with Crippen molar-refractivity contribution in [2.75, 3.05) is 13.2 Å². The summed E-state index contributed by atoms with van der Waals surface area (Å²) in [7, 11) is 0. The van der Waals surface area contributed by atoms with E-state index in [2.05, 4.69) is 16.6 Å². The van der Waals surface area contributed by atoms with Crippen molar-refractivity contribution in [3.05, 3.63) is 36.4 Å². The second-order valence-electron chi connectivity index (χ2n) is 4.11. The van der Waals surface area contributed by atoms with Gasteiger partial charge in [-0.1, -0.05) is 24.8 Å². The van der Waals surface area contributed by atoms with Gasteiger partial charge >= 0.3 is 12.1 Å². The molecule has 1 aromatic carbocycles. The van der Waals surface area contributed by atoms with Crippen molar-refractivity contribution in [3.8, 4) is 12.0 Å². The van der Waals surface area contributed by atoms with E-state index in [1.807, 2.05) is 0 Å². The third-order valence-electron chi connectivity index (χ3n) is 2.50. The second-order valence-corrected chi connectivity index (χ2v) is 4.11. The highest BCUT2D eigenvalue weighted by atomic mass is 16.6. The van der Waals surface area contributed by atoms with Crippen LogP contribution in [0.3, 0.4) is 0 Å². The van der Waals surface area contributed by atoms with Crippen LogP contribution in [0.5, 0.6) is 5.75 Å². The summed E-state index contributed by atoms with van der Waals surface area (Å²) < 4.78 is 14.2. The molecule has 22 heavy (non-hydrogen) atoms. The largest absolute Gasteiger partial charge is 0.461 e. The van der Waals surface area contributed by atoms with Gasteiger partial charge in [-0.2, -0.15) is 5.26 Å². The summed E-state index contributed by atoms with van der Waals surface area (Å²) in [6.07, 6.45) is 1.44. The Balaban J connectivity index is 2.24. The van der Waals surface area contributed by atoms with Gasteiger partial charge in [-0.25, -0.2) is 9.59 Å². The number of nitrogens with one attached hydrogen (secondary N) is 1. The molecule has 0 bridgehead atoms. The van der Waals surface area contributed by atoms with Gasteiger partial charge in [0, 0.05) is 0 Å². The average Bonchev–Trinajstić information content (AvgIpc) is 2.52. The standard InChI is InChI=1S/C15H16N2O5/c1-3-12-4-6-13(7-5-12)22-15(19)17-8-9-20-14(18)11(2)21-10-16/h3-7,11H,1,8-9H2,2H3,(H,17,19). The van der Waals surface area contributed by atoms with E-state index in [0.717, 1.165) is 5.56 Å². The molecule has 1 unspecified atom stereocenters. The van der Waals surface area contributed by atoms with Crippen LogP contribution in [0.1, 0.15) is 12.5 Å². The van der Waals surface area contributed by atoms with Gasteiger partial charge in [-0.3, -0.25) is 0 Å². The molecule has 0 aliphatic heterocycles. The van der Waals surface area contributed by atoms with E-state index in [4.69, 9.17) is 14.7 Å². The van der Waals surface area contributed by atoms with Gasteiger partial charge < -0.3 is 19.5 Å². The summed E-state index contributed by atoms with van der Waals surface area (Å²) in [5.74, 6) is -0.298. The Morgan fingerprint density at radius 2 is 2.09 bits per heavy atom. The predicted molar refractivity (Wildman–Crippen MR) is 77.7 cm³/mol. The normalized spacial score (nSPS) is 10.7. The van der Waals surface area contributed by atoms with Crippen LogP contribution in [0.15, 0.2) is 30.8 Å². The topological polar surface area (TPSA) is 97.7 Å². The molecular formula is C15H16N2O5. The van der Waals surface area contributed by atoms with Gasteiger partial charge in [-0.05, 0) is 24.6 Å². The Hall–Kier alpha value is -3.01. The minimum atomic E-state index is -0.972. The van der Waals surface area contributed by atoms with E-state index >= 15 is 0 Å². The maximum Gasteiger partial charge on any atom is 0.412 e. The fourth-order valence-corrected chi connectivity index (χ4v) is 1.36. The third-order valence-corrected chi connectivity index (χ3v) is 2.50. The van der Waals surface area contributed by atoms with Crippen molar-refractivity contribution in [2.45, 2.75) is 13.0 Å². The molecule has 0 aliphatic rings. The molecule has 0 fully saturated rings. The molecule has 116 valence electrons. The number of nitrogens with zero attached hydrogens (tertiary/aromatic N) is 1. The van der Waals surface area contributed by atoms with Crippen LogP contribution < -0.4 is 10.1 Å². The Labute approximate surface area is 128 Å². The predicted octanol–water partition coefficient (Wildman–Crippen LogP) is 1.85. The Morgan fingerprint density at radius 1 is 1.41 bits per heavy atom. The smallest absolute Gasteiger partial charge is 0.412 e. The summed E-state index contributed by atoms with van der Waals surface area (Å²) >= 11 is 0. The molecule has 0 radical (unpaired) electrons. The van der Waals surface area contributed by atoms with Gasteiger partial charge in [0.25, 0.3) is 6.26 Å². The summed E-state index contributed by atoms with van der Waals surface area (Å²) in [6, 6.07) is 6.79. The van der Waals surface area contributed by atoms with Crippen molar-refractivity contribution in [3.63, 3.8) is 0 Å². The summed E-state index contributed by atoms with van der Waals surface area (Å²) in [5, 5.41) is 10.7. The molecule has 0 aromatic heterocycles. The number of ether oxygens (including phenoxy) is 3. The highest BCUT2D eigenvalue weighted by Gasteiger charge is 2.15. The van der Waals surface area contributed by atoms with E-state index in [9.17, 15) is 9.59 Å². The van der Waals surface area contributed by atoms with Crippen molar-refractivity contribution < 1.29 is 23.8 Å². The van der Waals surface area contributed by atoms with Gasteiger partial charge in [0.05, 0.1) is 6.54 Å². The zero-order valence-corrected chi connectivity index (χ0v) is 12.1. The van der Waals surface area contributed by atoms with E-state index in [1.54, 1.807) is 30.3 Å². The molecule has 1 rings (SSSR count). The molecule has 7 heteroatoms. The number of nitriles is 1. The first kappa shape index (κ1) is 17.0. The van der Waals surface area contributed by atoms with Crippen molar-refractivity contribution in [1.29, 1.82) is 5.26 Å². The molecule has 7 nitrogen and oxygen atoms in total. The van der Waals surface area contributed by atoms with E-state index < -0.39 is 18.2 Å². The molecule has 0 heterocycles. The Kier molecular flexibility index (Phi) is 6.99. The summed E-state index contributed by atoms with van der Waals surface area (Å²) in [4.78, 5) is 22.8. The number of benzene rings is 1. The molecule has 1 amide bonds. The van der Waals surface area contributed by atoms with E-state index in [-0.39, 0.29) is 13.2 Å². The fourth-order valence-electron chi connectivity index (χ4n) is 1.36. The number of carbonyl (C=O) groups is 2. The van der Waals surface area contributed by atoms with Gasteiger partial charge in [0.15, 0.2) is 0 Å². The van der Waals surface area contributed by atoms with Crippen molar-refractivity contribution in [1.82, 2.24) is 5.32 Å².